The minimum Gasteiger partial charge on any atom is -0.271 e. The normalized spacial score (nSPS) is 30.1. The highest BCUT2D eigenvalue weighted by molar-refractivity contribution is 5.15. The molecule has 2 heteroatoms. The number of hydrogen-bond acceptors (Lipinski definition) is 2. The summed E-state index contributed by atoms with van der Waals surface area (Å²) in [5, 5.41) is 0. The third-order valence-corrected chi connectivity index (χ3v) is 5.40. The number of nitrogens with two attached hydrogens (primary N) is 1. The zero-order valence-electron chi connectivity index (χ0n) is 12.9. The van der Waals surface area contributed by atoms with E-state index in [1.807, 2.05) is 0 Å². The Morgan fingerprint density at radius 2 is 1.95 bits per heavy atom. The first kappa shape index (κ1) is 15.1. The van der Waals surface area contributed by atoms with Crippen LogP contribution in [-0.2, 0) is 0 Å². The molecule has 2 aliphatic carbocycles. The second kappa shape index (κ2) is 6.90. The standard InChI is InChI=1S/C17H32N2/c1-17(2)13-9-8-12-15(17)16(19-18)14-10-6-4-3-5-7-11-14/h10,15-16,19H,3-9,11-13,18H2,1-2H3. The molecule has 0 aromatic rings. The van der Waals surface area contributed by atoms with Gasteiger partial charge in [-0.2, -0.15) is 0 Å². The molecule has 0 bridgehead atoms. The van der Waals surface area contributed by atoms with E-state index in [9.17, 15) is 0 Å². The molecular formula is C17H32N2. The van der Waals surface area contributed by atoms with Gasteiger partial charge in [0.25, 0.3) is 0 Å². The monoisotopic (exact) mass is 264 g/mol. The van der Waals surface area contributed by atoms with Crippen LogP contribution in [-0.4, -0.2) is 6.04 Å². The van der Waals surface area contributed by atoms with Crippen LogP contribution in [0.3, 0.4) is 0 Å². The average Bonchev–Trinajstić information content (AvgIpc) is 2.33. The molecule has 2 rings (SSSR count). The van der Waals surface area contributed by atoms with Crippen molar-refractivity contribution in [3.05, 3.63) is 11.6 Å². The Bertz CT molecular complexity index is 306. The van der Waals surface area contributed by atoms with Gasteiger partial charge in [-0.1, -0.05) is 51.2 Å². The smallest absolute Gasteiger partial charge is 0.0453 e. The van der Waals surface area contributed by atoms with Crippen LogP contribution in [0.4, 0.5) is 0 Å². The molecule has 3 N–H and O–H groups in total. The van der Waals surface area contributed by atoms with Crippen molar-refractivity contribution in [1.29, 1.82) is 0 Å². The largest absolute Gasteiger partial charge is 0.271 e. The molecular weight excluding hydrogens is 232 g/mol. The summed E-state index contributed by atoms with van der Waals surface area (Å²) in [5.74, 6) is 6.66. The minimum atomic E-state index is 0.411. The van der Waals surface area contributed by atoms with E-state index in [1.165, 1.54) is 64.2 Å². The molecule has 19 heavy (non-hydrogen) atoms. The van der Waals surface area contributed by atoms with Crippen molar-refractivity contribution in [1.82, 2.24) is 5.43 Å². The van der Waals surface area contributed by atoms with Crippen molar-refractivity contribution in [2.75, 3.05) is 0 Å². The molecule has 0 radical (unpaired) electrons. The maximum Gasteiger partial charge on any atom is 0.0453 e. The predicted octanol–water partition coefficient (Wildman–Crippen LogP) is 4.32. The lowest BCUT2D eigenvalue weighted by atomic mass is 9.64. The molecule has 1 fully saturated rings. The first-order valence-electron chi connectivity index (χ1n) is 8.30. The summed E-state index contributed by atoms with van der Waals surface area (Å²) < 4.78 is 0. The molecule has 2 atom stereocenters. The predicted molar refractivity (Wildman–Crippen MR) is 82.6 cm³/mol. The third kappa shape index (κ3) is 3.82. The van der Waals surface area contributed by atoms with Crippen molar-refractivity contribution in [2.24, 2.45) is 17.2 Å². The first-order valence-corrected chi connectivity index (χ1v) is 8.30. The molecule has 2 nitrogen and oxygen atoms in total. The van der Waals surface area contributed by atoms with Crippen LogP contribution in [0, 0.1) is 11.3 Å². The zero-order valence-corrected chi connectivity index (χ0v) is 12.9. The number of nitrogens with one attached hydrogen (secondary N) is 1. The lowest BCUT2D eigenvalue weighted by Gasteiger charge is -2.44. The Labute approximate surface area is 119 Å². The van der Waals surface area contributed by atoms with Gasteiger partial charge < -0.3 is 0 Å². The van der Waals surface area contributed by atoms with Gasteiger partial charge in [0.15, 0.2) is 0 Å². The van der Waals surface area contributed by atoms with E-state index in [4.69, 9.17) is 5.84 Å². The van der Waals surface area contributed by atoms with Crippen molar-refractivity contribution in [3.8, 4) is 0 Å². The Morgan fingerprint density at radius 3 is 2.68 bits per heavy atom. The minimum absolute atomic E-state index is 0.411. The topological polar surface area (TPSA) is 38.0 Å². The zero-order chi connectivity index (χ0) is 13.7. The summed E-state index contributed by atoms with van der Waals surface area (Å²) in [7, 11) is 0. The highest BCUT2D eigenvalue weighted by Gasteiger charge is 2.38. The maximum absolute atomic E-state index is 5.95. The molecule has 0 aromatic heterocycles. The van der Waals surface area contributed by atoms with Crippen molar-refractivity contribution in [3.63, 3.8) is 0 Å². The summed E-state index contributed by atoms with van der Waals surface area (Å²) in [6.07, 6.45) is 15.9. The van der Waals surface area contributed by atoms with Gasteiger partial charge in [0, 0.05) is 6.04 Å². The Hall–Kier alpha value is -0.340. The Kier molecular flexibility index (Phi) is 5.47. The van der Waals surface area contributed by atoms with E-state index in [0.717, 1.165) is 0 Å². The van der Waals surface area contributed by atoms with Crippen molar-refractivity contribution in [2.45, 2.75) is 84.1 Å². The summed E-state index contributed by atoms with van der Waals surface area (Å²) in [6.45, 7) is 4.87. The van der Waals surface area contributed by atoms with Crippen LogP contribution in [0.5, 0.6) is 0 Å². The summed E-state index contributed by atoms with van der Waals surface area (Å²) in [4.78, 5) is 0. The lowest BCUT2D eigenvalue weighted by Crippen LogP contribution is -2.48. The van der Waals surface area contributed by atoms with Gasteiger partial charge in [-0.05, 0) is 49.9 Å². The molecule has 0 spiro atoms. The molecule has 2 unspecified atom stereocenters. The highest BCUT2D eigenvalue weighted by Crippen LogP contribution is 2.44. The molecule has 110 valence electrons. The van der Waals surface area contributed by atoms with E-state index < -0.39 is 0 Å². The molecule has 2 aliphatic rings. The van der Waals surface area contributed by atoms with Gasteiger partial charge in [-0.3, -0.25) is 11.3 Å². The molecule has 0 amide bonds. The van der Waals surface area contributed by atoms with E-state index in [0.29, 0.717) is 17.4 Å². The number of allylic oxidation sites excluding steroid dienone is 1. The molecule has 0 heterocycles. The quantitative estimate of drug-likeness (QED) is 0.453. The lowest BCUT2D eigenvalue weighted by molar-refractivity contribution is 0.109. The second-order valence-corrected chi connectivity index (χ2v) is 7.22. The SMILES string of the molecule is CC1(C)CCCCC1C(NN)C1=CCCCCCC1. The van der Waals surface area contributed by atoms with Crippen LogP contribution < -0.4 is 11.3 Å². The molecule has 0 aliphatic heterocycles. The fourth-order valence-electron chi connectivity index (χ4n) is 4.12. The van der Waals surface area contributed by atoms with E-state index in [1.54, 1.807) is 5.57 Å². The summed E-state index contributed by atoms with van der Waals surface area (Å²) >= 11 is 0. The molecule has 0 saturated heterocycles. The van der Waals surface area contributed by atoms with Crippen molar-refractivity contribution >= 4 is 0 Å². The van der Waals surface area contributed by atoms with Crippen LogP contribution in [0.2, 0.25) is 0 Å². The van der Waals surface area contributed by atoms with Gasteiger partial charge in [0.05, 0.1) is 0 Å². The molecule has 0 aromatic carbocycles. The fourth-order valence-corrected chi connectivity index (χ4v) is 4.12. The van der Waals surface area contributed by atoms with E-state index in [-0.39, 0.29) is 0 Å². The van der Waals surface area contributed by atoms with Crippen LogP contribution in [0.15, 0.2) is 11.6 Å². The van der Waals surface area contributed by atoms with E-state index in [2.05, 4.69) is 25.3 Å². The number of hydrazine groups is 1. The van der Waals surface area contributed by atoms with Crippen LogP contribution >= 0.6 is 0 Å². The van der Waals surface area contributed by atoms with Gasteiger partial charge >= 0.3 is 0 Å². The average molecular weight is 264 g/mol. The Balaban J connectivity index is 2.12. The fraction of sp³-hybridized carbons (Fsp3) is 0.882. The Morgan fingerprint density at radius 1 is 1.16 bits per heavy atom. The first-order chi connectivity index (χ1) is 9.15. The van der Waals surface area contributed by atoms with Gasteiger partial charge in [-0.15, -0.1) is 0 Å². The highest BCUT2D eigenvalue weighted by atomic mass is 15.2. The van der Waals surface area contributed by atoms with Crippen molar-refractivity contribution < 1.29 is 0 Å². The third-order valence-electron chi connectivity index (χ3n) is 5.40. The maximum atomic E-state index is 5.95. The van der Waals surface area contributed by atoms with Crippen LogP contribution in [0.25, 0.3) is 0 Å². The van der Waals surface area contributed by atoms with Crippen LogP contribution in [0.1, 0.15) is 78.1 Å². The summed E-state index contributed by atoms with van der Waals surface area (Å²) in [6, 6.07) is 0.411. The van der Waals surface area contributed by atoms with Gasteiger partial charge in [-0.25, -0.2) is 0 Å². The number of rotatable bonds is 3. The molecule has 1 saturated carbocycles. The van der Waals surface area contributed by atoms with Gasteiger partial charge in [0.1, 0.15) is 0 Å². The van der Waals surface area contributed by atoms with Gasteiger partial charge in [0.2, 0.25) is 0 Å². The number of hydrogen-bond donors (Lipinski definition) is 2. The summed E-state index contributed by atoms with van der Waals surface area (Å²) in [5.41, 5.74) is 5.21. The van der Waals surface area contributed by atoms with E-state index >= 15 is 0 Å². The second-order valence-electron chi connectivity index (χ2n) is 7.22.